The highest BCUT2D eigenvalue weighted by Gasteiger charge is 2.51. The first-order valence-electron chi connectivity index (χ1n) is 9.82. The van der Waals surface area contributed by atoms with Gasteiger partial charge >= 0.3 is 15.5 Å². The summed E-state index contributed by atoms with van der Waals surface area (Å²) in [6.07, 6.45) is 3.13. The van der Waals surface area contributed by atoms with Gasteiger partial charge in [-0.3, -0.25) is 0 Å². The predicted octanol–water partition coefficient (Wildman–Crippen LogP) is 3.53. The van der Waals surface area contributed by atoms with E-state index >= 15 is 0 Å². The molecule has 170 valence electrons. The number of para-hydroxylation sites is 2. The van der Waals surface area contributed by atoms with E-state index in [1.165, 1.54) is 6.33 Å². The van der Waals surface area contributed by atoms with Crippen molar-refractivity contribution in [2.24, 2.45) is 0 Å². The number of nitrogens with one attached hydrogen (secondary N) is 1. The summed E-state index contributed by atoms with van der Waals surface area (Å²) in [6, 6.07) is 15.0. The van der Waals surface area contributed by atoms with Crippen LogP contribution in [0.4, 0.5) is 18.9 Å². The Bertz CT molecular complexity index is 1140. The molecule has 4 rings (SSSR count). The normalized spacial score (nSPS) is 17.6. The molecule has 7 nitrogen and oxygen atoms in total. The maximum atomic E-state index is 13.4. The van der Waals surface area contributed by atoms with E-state index < -0.39 is 28.1 Å². The second-order valence-electron chi connectivity index (χ2n) is 7.35. The molecule has 0 spiro atoms. The molecule has 0 radical (unpaired) electrons. The van der Waals surface area contributed by atoms with Gasteiger partial charge in [-0.15, -0.1) is 0 Å². The minimum atomic E-state index is -5.54. The van der Waals surface area contributed by atoms with Crippen LogP contribution in [0.2, 0.25) is 0 Å². The van der Waals surface area contributed by atoms with Gasteiger partial charge in [-0.25, -0.2) is 13.4 Å². The van der Waals surface area contributed by atoms with Gasteiger partial charge in [0.2, 0.25) is 0 Å². The van der Waals surface area contributed by atoms with E-state index in [9.17, 15) is 21.6 Å². The SMILES string of the molecule is O=S(=O)(N1Cc2ccccc2N(Cc2cnc[nH]2)[C@H](COc2ccccc2)C1)C(F)(F)F. The molecule has 0 bridgehead atoms. The number of benzene rings is 2. The molecule has 1 N–H and O–H groups in total. The summed E-state index contributed by atoms with van der Waals surface area (Å²) < 4.78 is 71.3. The van der Waals surface area contributed by atoms with Gasteiger partial charge in [0.1, 0.15) is 12.4 Å². The molecule has 0 saturated heterocycles. The fraction of sp³-hybridized carbons (Fsp3) is 0.286. The molecule has 0 unspecified atom stereocenters. The monoisotopic (exact) mass is 466 g/mol. The Balaban J connectivity index is 1.73. The number of aromatic amines is 1. The zero-order valence-electron chi connectivity index (χ0n) is 16.9. The van der Waals surface area contributed by atoms with Crippen LogP contribution in [0.3, 0.4) is 0 Å². The number of nitrogens with zero attached hydrogens (tertiary/aromatic N) is 3. The summed E-state index contributed by atoms with van der Waals surface area (Å²) in [7, 11) is -5.54. The van der Waals surface area contributed by atoms with Gasteiger partial charge in [0.25, 0.3) is 0 Å². The third-order valence-electron chi connectivity index (χ3n) is 5.22. The largest absolute Gasteiger partial charge is 0.511 e. The predicted molar refractivity (Wildman–Crippen MR) is 112 cm³/mol. The van der Waals surface area contributed by atoms with Crippen molar-refractivity contribution in [3.63, 3.8) is 0 Å². The quantitative estimate of drug-likeness (QED) is 0.602. The lowest BCUT2D eigenvalue weighted by Crippen LogP contribution is -2.49. The molecule has 1 atom stereocenters. The van der Waals surface area contributed by atoms with E-state index in [4.69, 9.17) is 4.74 Å². The number of sulfonamides is 1. The Hall–Kier alpha value is -3.05. The number of anilines is 1. The maximum absolute atomic E-state index is 13.4. The van der Waals surface area contributed by atoms with Crippen molar-refractivity contribution in [1.82, 2.24) is 14.3 Å². The van der Waals surface area contributed by atoms with Gasteiger partial charge in [-0.2, -0.15) is 17.5 Å². The first-order valence-corrected chi connectivity index (χ1v) is 11.3. The van der Waals surface area contributed by atoms with Crippen molar-refractivity contribution in [3.8, 4) is 5.75 Å². The van der Waals surface area contributed by atoms with Crippen LogP contribution >= 0.6 is 0 Å². The average molecular weight is 466 g/mol. The molecule has 0 fully saturated rings. The van der Waals surface area contributed by atoms with E-state index in [-0.39, 0.29) is 13.2 Å². The van der Waals surface area contributed by atoms with Crippen LogP contribution in [0.5, 0.6) is 5.75 Å². The van der Waals surface area contributed by atoms with Crippen molar-refractivity contribution in [1.29, 1.82) is 0 Å². The maximum Gasteiger partial charge on any atom is 0.511 e. The molecular formula is C21H21F3N4O3S. The van der Waals surface area contributed by atoms with E-state index in [1.807, 2.05) is 11.0 Å². The summed E-state index contributed by atoms with van der Waals surface area (Å²) >= 11 is 0. The molecule has 0 saturated carbocycles. The lowest BCUT2D eigenvalue weighted by Gasteiger charge is -2.33. The fourth-order valence-electron chi connectivity index (χ4n) is 3.66. The standard InChI is InChI=1S/C21H21F3N4O3S/c22-21(23,24)32(29,30)27-11-16-6-4-5-9-20(16)28(12-17-10-25-15-26-17)18(13-27)14-31-19-7-2-1-3-8-19/h1-10,15,18H,11-14H2,(H,25,26)/t18-/m0/s1. The zero-order chi connectivity index (χ0) is 22.8. The highest BCUT2D eigenvalue weighted by Crippen LogP contribution is 2.34. The van der Waals surface area contributed by atoms with Gasteiger partial charge in [-0.05, 0) is 23.8 Å². The Morgan fingerprint density at radius 3 is 2.50 bits per heavy atom. The highest BCUT2D eigenvalue weighted by atomic mass is 32.2. The Labute approximate surface area is 183 Å². The first kappa shape index (κ1) is 22.2. The Morgan fingerprint density at radius 2 is 1.81 bits per heavy atom. The second kappa shape index (κ2) is 8.83. The van der Waals surface area contributed by atoms with E-state index in [1.54, 1.807) is 54.7 Å². The second-order valence-corrected chi connectivity index (χ2v) is 9.28. The molecule has 1 aromatic heterocycles. The average Bonchev–Trinajstić information content (AvgIpc) is 3.22. The van der Waals surface area contributed by atoms with Crippen molar-refractivity contribution in [3.05, 3.63) is 78.4 Å². The minimum Gasteiger partial charge on any atom is -0.491 e. The van der Waals surface area contributed by atoms with Crippen molar-refractivity contribution < 1.29 is 26.3 Å². The molecule has 1 aliphatic rings. The number of alkyl halides is 3. The molecule has 3 aromatic rings. The van der Waals surface area contributed by atoms with Crippen molar-refractivity contribution in [2.45, 2.75) is 24.6 Å². The third kappa shape index (κ3) is 4.58. The third-order valence-corrected chi connectivity index (χ3v) is 6.76. The summed E-state index contributed by atoms with van der Waals surface area (Å²) in [5, 5.41) is 0. The van der Waals surface area contributed by atoms with Gasteiger partial charge in [0.15, 0.2) is 0 Å². The number of aromatic nitrogens is 2. The van der Waals surface area contributed by atoms with Crippen LogP contribution < -0.4 is 9.64 Å². The van der Waals surface area contributed by atoms with Crippen LogP contribution in [0.15, 0.2) is 67.1 Å². The number of fused-ring (bicyclic) bond motifs is 1. The molecule has 2 aromatic carbocycles. The van der Waals surface area contributed by atoms with Crippen LogP contribution in [-0.2, 0) is 23.1 Å². The number of imidazole rings is 1. The molecular weight excluding hydrogens is 445 g/mol. The van der Waals surface area contributed by atoms with Gasteiger partial charge in [-0.1, -0.05) is 36.4 Å². The van der Waals surface area contributed by atoms with Crippen LogP contribution in [0, 0.1) is 0 Å². The van der Waals surface area contributed by atoms with Crippen LogP contribution in [-0.4, -0.2) is 47.4 Å². The lowest BCUT2D eigenvalue weighted by molar-refractivity contribution is -0.0493. The van der Waals surface area contributed by atoms with Gasteiger partial charge in [0, 0.05) is 25.0 Å². The summed E-state index contributed by atoms with van der Waals surface area (Å²) in [6.45, 7) is -0.507. The Kier molecular flexibility index (Phi) is 6.11. The van der Waals surface area contributed by atoms with Crippen LogP contribution in [0.1, 0.15) is 11.3 Å². The molecule has 2 heterocycles. The molecule has 1 aliphatic heterocycles. The number of halogens is 3. The highest BCUT2D eigenvalue weighted by molar-refractivity contribution is 7.89. The van der Waals surface area contributed by atoms with E-state index in [0.717, 1.165) is 5.69 Å². The topological polar surface area (TPSA) is 78.5 Å². The van der Waals surface area contributed by atoms with Crippen molar-refractivity contribution >= 4 is 15.7 Å². The molecule has 0 amide bonds. The molecule has 11 heteroatoms. The van der Waals surface area contributed by atoms with E-state index in [0.29, 0.717) is 27.9 Å². The van der Waals surface area contributed by atoms with E-state index in [2.05, 4.69) is 9.97 Å². The summed E-state index contributed by atoms with van der Waals surface area (Å²) in [5.41, 5.74) is -3.55. The number of hydrogen-bond donors (Lipinski definition) is 1. The zero-order valence-corrected chi connectivity index (χ0v) is 17.7. The fourth-order valence-corrected chi connectivity index (χ4v) is 4.63. The molecule has 0 aliphatic carbocycles. The number of H-pyrrole nitrogens is 1. The van der Waals surface area contributed by atoms with Gasteiger partial charge < -0.3 is 14.6 Å². The first-order chi connectivity index (χ1) is 15.3. The summed E-state index contributed by atoms with van der Waals surface area (Å²) in [5.74, 6) is 0.539. The number of ether oxygens (including phenoxy) is 1. The smallest absolute Gasteiger partial charge is 0.491 e. The van der Waals surface area contributed by atoms with Crippen molar-refractivity contribution in [2.75, 3.05) is 18.1 Å². The lowest BCUT2D eigenvalue weighted by atomic mass is 10.1. The number of hydrogen-bond acceptors (Lipinski definition) is 5. The van der Waals surface area contributed by atoms with Gasteiger partial charge in [0.05, 0.1) is 24.6 Å². The molecule has 32 heavy (non-hydrogen) atoms. The Morgan fingerprint density at radius 1 is 1.09 bits per heavy atom. The minimum absolute atomic E-state index is 0.0175. The number of rotatable bonds is 6. The summed E-state index contributed by atoms with van der Waals surface area (Å²) in [4.78, 5) is 8.85. The van der Waals surface area contributed by atoms with Crippen LogP contribution in [0.25, 0.3) is 0 Å².